The molecule has 8 heteroatoms. The maximum Gasteiger partial charge on any atom is 0.335 e. The van der Waals surface area contributed by atoms with Gasteiger partial charge in [-0.15, -0.1) is 0 Å². The fraction of sp³-hybridized carbons (Fsp3) is 0. The first-order valence-electron chi connectivity index (χ1n) is 5.53. The summed E-state index contributed by atoms with van der Waals surface area (Å²) in [5.41, 5.74) is -0.558. The molecule has 0 atom stereocenters. The van der Waals surface area contributed by atoms with Gasteiger partial charge < -0.3 is 5.11 Å². The van der Waals surface area contributed by atoms with Crippen LogP contribution in [-0.2, 0) is 0 Å². The number of carbonyl (C=O) groups is 1. The van der Waals surface area contributed by atoms with Gasteiger partial charge in [0.25, 0.3) is 5.69 Å². The molecule has 0 heterocycles. The van der Waals surface area contributed by atoms with Crippen molar-refractivity contribution in [1.82, 2.24) is 0 Å². The minimum atomic E-state index is -1.24. The highest BCUT2D eigenvalue weighted by molar-refractivity contribution is 7.99. The monoisotopic (exact) mass is 311 g/mol. The molecule has 0 aliphatic carbocycles. The van der Waals surface area contributed by atoms with E-state index in [1.54, 1.807) is 0 Å². The highest BCUT2D eigenvalue weighted by atomic mass is 32.2. The number of hydrogen-bond donors (Lipinski definition) is 1. The van der Waals surface area contributed by atoms with Crippen LogP contribution < -0.4 is 0 Å². The molecule has 0 spiro atoms. The van der Waals surface area contributed by atoms with Crippen LogP contribution in [0, 0.1) is 21.7 Å². The third kappa shape index (κ3) is 3.34. The molecule has 0 radical (unpaired) electrons. The number of carboxylic acids is 1. The minimum absolute atomic E-state index is 0.0398. The summed E-state index contributed by atoms with van der Waals surface area (Å²) in [4.78, 5) is 20.5. The van der Waals surface area contributed by atoms with E-state index in [-0.39, 0.29) is 15.4 Å². The van der Waals surface area contributed by atoms with Gasteiger partial charge in [0.15, 0.2) is 0 Å². The molecule has 0 saturated heterocycles. The van der Waals surface area contributed by atoms with Gasteiger partial charge in [0.1, 0.15) is 11.6 Å². The topological polar surface area (TPSA) is 80.4 Å². The number of rotatable bonds is 4. The lowest BCUT2D eigenvalue weighted by molar-refractivity contribution is -0.385. The zero-order valence-electron chi connectivity index (χ0n) is 10.2. The first-order valence-corrected chi connectivity index (χ1v) is 6.35. The van der Waals surface area contributed by atoms with E-state index in [0.717, 1.165) is 36.4 Å². The van der Waals surface area contributed by atoms with Crippen molar-refractivity contribution in [3.05, 3.63) is 63.7 Å². The highest BCUT2D eigenvalue weighted by Crippen LogP contribution is 2.33. The zero-order valence-corrected chi connectivity index (χ0v) is 11.1. The van der Waals surface area contributed by atoms with E-state index < -0.39 is 28.2 Å². The Labute approximate surface area is 121 Å². The summed E-state index contributed by atoms with van der Waals surface area (Å²) < 4.78 is 27.3. The van der Waals surface area contributed by atoms with Crippen molar-refractivity contribution < 1.29 is 23.6 Å². The minimum Gasteiger partial charge on any atom is -0.478 e. The summed E-state index contributed by atoms with van der Waals surface area (Å²) in [6, 6.07) is 6.09. The van der Waals surface area contributed by atoms with Crippen LogP contribution in [0.4, 0.5) is 14.5 Å². The molecule has 21 heavy (non-hydrogen) atoms. The third-order valence-electron chi connectivity index (χ3n) is 2.52. The van der Waals surface area contributed by atoms with Crippen molar-refractivity contribution >= 4 is 23.4 Å². The number of non-ortho nitro benzene ring substituents is 1. The van der Waals surface area contributed by atoms with Crippen molar-refractivity contribution in [3.63, 3.8) is 0 Å². The van der Waals surface area contributed by atoms with E-state index in [4.69, 9.17) is 5.11 Å². The number of benzene rings is 2. The lowest BCUT2D eigenvalue weighted by atomic mass is 10.2. The molecule has 108 valence electrons. The van der Waals surface area contributed by atoms with Gasteiger partial charge in [0.05, 0.1) is 16.6 Å². The van der Waals surface area contributed by atoms with Crippen LogP contribution in [0.2, 0.25) is 0 Å². The molecule has 0 saturated carbocycles. The summed E-state index contributed by atoms with van der Waals surface area (Å²) in [6.45, 7) is 0. The van der Waals surface area contributed by atoms with Crippen LogP contribution in [0.25, 0.3) is 0 Å². The predicted molar refractivity (Wildman–Crippen MR) is 70.5 cm³/mol. The van der Waals surface area contributed by atoms with Crippen LogP contribution >= 0.6 is 11.8 Å². The summed E-state index contributed by atoms with van der Waals surface area (Å²) >= 11 is 0.657. The summed E-state index contributed by atoms with van der Waals surface area (Å²) in [6.07, 6.45) is 0. The molecular weight excluding hydrogens is 304 g/mol. The average molecular weight is 311 g/mol. The van der Waals surface area contributed by atoms with Crippen molar-refractivity contribution in [2.24, 2.45) is 0 Å². The standard InChI is InChI=1S/C13H7F2NO4S/c14-9-3-1-7(13(17)18)5-12(9)21-11-4-2-8(16(19)20)6-10(11)15/h1-6H,(H,17,18). The van der Waals surface area contributed by atoms with E-state index in [0.29, 0.717) is 11.8 Å². The van der Waals surface area contributed by atoms with Crippen LogP contribution in [0.15, 0.2) is 46.2 Å². The van der Waals surface area contributed by atoms with E-state index in [9.17, 15) is 23.7 Å². The van der Waals surface area contributed by atoms with Gasteiger partial charge in [-0.1, -0.05) is 11.8 Å². The van der Waals surface area contributed by atoms with Crippen molar-refractivity contribution in [2.75, 3.05) is 0 Å². The van der Waals surface area contributed by atoms with Crippen molar-refractivity contribution in [1.29, 1.82) is 0 Å². The van der Waals surface area contributed by atoms with Crippen LogP contribution in [-0.4, -0.2) is 16.0 Å². The van der Waals surface area contributed by atoms with E-state index in [2.05, 4.69) is 0 Å². The Morgan fingerprint density at radius 2 is 1.81 bits per heavy atom. The Balaban J connectivity index is 2.36. The van der Waals surface area contributed by atoms with Gasteiger partial charge in [0.2, 0.25) is 0 Å². The number of hydrogen-bond acceptors (Lipinski definition) is 4. The lowest BCUT2D eigenvalue weighted by Crippen LogP contribution is -1.97. The molecule has 2 aromatic rings. The Morgan fingerprint density at radius 3 is 2.38 bits per heavy atom. The van der Waals surface area contributed by atoms with Crippen LogP contribution in [0.5, 0.6) is 0 Å². The molecule has 0 aliphatic rings. The molecule has 2 aromatic carbocycles. The number of nitro benzene ring substituents is 1. The lowest BCUT2D eigenvalue weighted by Gasteiger charge is -2.05. The van der Waals surface area contributed by atoms with Crippen molar-refractivity contribution in [2.45, 2.75) is 9.79 Å². The number of carboxylic acid groups (broad SMARTS) is 1. The molecule has 0 fully saturated rings. The number of aromatic carboxylic acids is 1. The first-order chi connectivity index (χ1) is 9.88. The number of nitrogens with zero attached hydrogens (tertiary/aromatic N) is 1. The average Bonchev–Trinajstić information content (AvgIpc) is 2.42. The van der Waals surface area contributed by atoms with Crippen LogP contribution in [0.1, 0.15) is 10.4 Å². The SMILES string of the molecule is O=C(O)c1ccc(F)c(Sc2ccc([N+](=O)[O-])cc2F)c1. The quantitative estimate of drug-likeness (QED) is 0.687. The smallest absolute Gasteiger partial charge is 0.335 e. The summed E-state index contributed by atoms with van der Waals surface area (Å²) in [5.74, 6) is -2.82. The predicted octanol–water partition coefficient (Wildman–Crippen LogP) is 3.72. The largest absolute Gasteiger partial charge is 0.478 e. The van der Waals surface area contributed by atoms with Crippen LogP contribution in [0.3, 0.4) is 0 Å². The van der Waals surface area contributed by atoms with E-state index >= 15 is 0 Å². The van der Waals surface area contributed by atoms with Gasteiger partial charge in [-0.3, -0.25) is 10.1 Å². The van der Waals surface area contributed by atoms with Gasteiger partial charge in [-0.2, -0.15) is 0 Å². The van der Waals surface area contributed by atoms with Gasteiger partial charge in [-0.25, -0.2) is 13.6 Å². The Kier molecular flexibility index (Phi) is 4.18. The normalized spacial score (nSPS) is 10.4. The molecule has 0 amide bonds. The third-order valence-corrected chi connectivity index (χ3v) is 3.61. The maximum atomic E-state index is 13.7. The maximum absolute atomic E-state index is 13.7. The summed E-state index contributed by atoms with van der Waals surface area (Å²) in [7, 11) is 0. The number of nitro groups is 1. The second-order valence-electron chi connectivity index (χ2n) is 3.92. The molecule has 2 rings (SSSR count). The van der Waals surface area contributed by atoms with E-state index in [1.165, 1.54) is 0 Å². The van der Waals surface area contributed by atoms with Gasteiger partial charge in [0, 0.05) is 15.9 Å². The molecule has 0 aromatic heterocycles. The fourth-order valence-corrected chi connectivity index (χ4v) is 2.40. The Bertz CT molecular complexity index is 736. The second kappa shape index (κ2) is 5.88. The molecule has 1 N–H and O–H groups in total. The molecule has 0 unspecified atom stereocenters. The van der Waals surface area contributed by atoms with Gasteiger partial charge >= 0.3 is 5.97 Å². The summed E-state index contributed by atoms with van der Waals surface area (Å²) in [5, 5.41) is 19.3. The molecule has 5 nitrogen and oxygen atoms in total. The molecule has 0 aliphatic heterocycles. The second-order valence-corrected chi connectivity index (χ2v) is 5.01. The van der Waals surface area contributed by atoms with Crippen molar-refractivity contribution in [3.8, 4) is 0 Å². The first kappa shape index (κ1) is 14.9. The Morgan fingerprint density at radius 1 is 1.10 bits per heavy atom. The fourth-order valence-electron chi connectivity index (χ4n) is 1.52. The number of halogens is 2. The zero-order chi connectivity index (χ0) is 15.6. The van der Waals surface area contributed by atoms with Gasteiger partial charge in [-0.05, 0) is 24.3 Å². The molecule has 0 bridgehead atoms. The Hall–Kier alpha value is -2.48. The van der Waals surface area contributed by atoms with E-state index in [1.807, 2.05) is 0 Å². The molecular formula is C13H7F2NO4S. The highest BCUT2D eigenvalue weighted by Gasteiger charge is 2.15.